The van der Waals surface area contributed by atoms with Gasteiger partial charge in [-0.2, -0.15) is 0 Å². The Balaban J connectivity index is 2.90. The van der Waals surface area contributed by atoms with Gasteiger partial charge in [-0.3, -0.25) is 4.79 Å². The van der Waals surface area contributed by atoms with E-state index in [0.29, 0.717) is 0 Å². The highest BCUT2D eigenvalue weighted by Crippen LogP contribution is 2.20. The molecule has 0 fully saturated rings. The molecule has 0 aromatic heterocycles. The summed E-state index contributed by atoms with van der Waals surface area (Å²) in [5, 5.41) is 8.61. The molecule has 0 spiro atoms. The maximum absolute atomic E-state index is 10.5. The molecule has 0 amide bonds. The van der Waals surface area contributed by atoms with E-state index in [0.717, 1.165) is 14.7 Å². The fourth-order valence-corrected chi connectivity index (χ4v) is 2.00. The molecule has 0 aliphatic heterocycles. The molecule has 0 saturated heterocycles. The van der Waals surface area contributed by atoms with Crippen molar-refractivity contribution in [2.45, 2.75) is 19.4 Å². The summed E-state index contributed by atoms with van der Waals surface area (Å²) in [5.74, 6) is -0.865. The Morgan fingerprint density at radius 1 is 1.64 bits per heavy atom. The number of aryl methyl sites for hydroxylation is 1. The number of hydrogen-bond donors (Lipinski definition) is 2. The first-order valence-electron chi connectivity index (χ1n) is 4.24. The van der Waals surface area contributed by atoms with Gasteiger partial charge in [-0.1, -0.05) is 6.07 Å². The molecule has 1 aromatic carbocycles. The molecule has 76 valence electrons. The predicted molar refractivity (Wildman–Crippen MR) is 63.1 cm³/mol. The van der Waals surface area contributed by atoms with Gasteiger partial charge in [-0.05, 0) is 52.8 Å². The topological polar surface area (TPSA) is 63.3 Å². The van der Waals surface area contributed by atoms with Crippen molar-refractivity contribution in [2.24, 2.45) is 5.73 Å². The molecule has 0 saturated carbocycles. The van der Waals surface area contributed by atoms with E-state index in [-0.39, 0.29) is 6.42 Å². The van der Waals surface area contributed by atoms with E-state index in [9.17, 15) is 4.79 Å². The quantitative estimate of drug-likeness (QED) is 0.840. The van der Waals surface area contributed by atoms with E-state index in [1.165, 1.54) is 0 Å². The second-order valence-electron chi connectivity index (χ2n) is 3.21. The van der Waals surface area contributed by atoms with Crippen molar-refractivity contribution in [3.63, 3.8) is 0 Å². The van der Waals surface area contributed by atoms with Crippen molar-refractivity contribution in [1.29, 1.82) is 0 Å². The molecular formula is C10H12INO2. The Hall–Kier alpha value is -0.620. The Morgan fingerprint density at radius 2 is 2.29 bits per heavy atom. The first-order chi connectivity index (χ1) is 6.50. The van der Waals surface area contributed by atoms with Crippen molar-refractivity contribution in [3.05, 3.63) is 32.9 Å². The lowest BCUT2D eigenvalue weighted by atomic mass is 10.00. The predicted octanol–water partition coefficient (Wildman–Crippen LogP) is 2.07. The van der Waals surface area contributed by atoms with Crippen LogP contribution in [0.3, 0.4) is 0 Å². The molecular weight excluding hydrogens is 293 g/mol. The van der Waals surface area contributed by atoms with Crippen molar-refractivity contribution in [1.82, 2.24) is 0 Å². The van der Waals surface area contributed by atoms with Gasteiger partial charge in [0.25, 0.3) is 0 Å². The van der Waals surface area contributed by atoms with Gasteiger partial charge < -0.3 is 10.8 Å². The smallest absolute Gasteiger partial charge is 0.305 e. The minimum Gasteiger partial charge on any atom is -0.481 e. The maximum Gasteiger partial charge on any atom is 0.305 e. The monoisotopic (exact) mass is 305 g/mol. The van der Waals surface area contributed by atoms with E-state index >= 15 is 0 Å². The van der Waals surface area contributed by atoms with Crippen molar-refractivity contribution < 1.29 is 9.90 Å². The summed E-state index contributed by atoms with van der Waals surface area (Å²) in [6.07, 6.45) is -0.0264. The Labute approximate surface area is 96.4 Å². The standard InChI is InChI=1S/C10H12INO2/c1-6-4-7(11)2-3-8(6)9(12)5-10(13)14/h2-4,9H,5,12H2,1H3,(H,13,14). The van der Waals surface area contributed by atoms with Gasteiger partial charge in [0, 0.05) is 9.61 Å². The summed E-state index contributed by atoms with van der Waals surface area (Å²) in [5.41, 5.74) is 7.72. The zero-order valence-corrected chi connectivity index (χ0v) is 9.98. The van der Waals surface area contributed by atoms with E-state index in [1.54, 1.807) is 0 Å². The number of nitrogens with two attached hydrogens (primary N) is 1. The highest BCUT2D eigenvalue weighted by molar-refractivity contribution is 14.1. The number of carboxylic acids is 1. The highest BCUT2D eigenvalue weighted by Gasteiger charge is 2.12. The molecule has 1 atom stereocenters. The second kappa shape index (κ2) is 4.75. The van der Waals surface area contributed by atoms with E-state index in [1.807, 2.05) is 25.1 Å². The maximum atomic E-state index is 10.5. The van der Waals surface area contributed by atoms with Crippen LogP contribution in [0.25, 0.3) is 0 Å². The van der Waals surface area contributed by atoms with Crippen LogP contribution in [0.5, 0.6) is 0 Å². The normalized spacial score (nSPS) is 12.5. The van der Waals surface area contributed by atoms with E-state index in [4.69, 9.17) is 10.8 Å². The summed E-state index contributed by atoms with van der Waals surface area (Å²) in [7, 11) is 0. The fourth-order valence-electron chi connectivity index (χ4n) is 1.35. The molecule has 1 unspecified atom stereocenters. The Kier molecular flexibility index (Phi) is 3.88. The lowest BCUT2D eigenvalue weighted by Gasteiger charge is -2.12. The zero-order valence-electron chi connectivity index (χ0n) is 7.83. The zero-order chi connectivity index (χ0) is 10.7. The molecule has 1 rings (SSSR count). The number of hydrogen-bond acceptors (Lipinski definition) is 2. The summed E-state index contributed by atoms with van der Waals surface area (Å²) >= 11 is 2.21. The van der Waals surface area contributed by atoms with Gasteiger partial charge in [-0.15, -0.1) is 0 Å². The first kappa shape index (κ1) is 11.5. The molecule has 3 nitrogen and oxygen atoms in total. The largest absolute Gasteiger partial charge is 0.481 e. The lowest BCUT2D eigenvalue weighted by molar-refractivity contribution is -0.137. The van der Waals surface area contributed by atoms with Crippen molar-refractivity contribution in [3.8, 4) is 0 Å². The fraction of sp³-hybridized carbons (Fsp3) is 0.300. The number of aliphatic carboxylic acids is 1. The third-order valence-corrected chi connectivity index (χ3v) is 2.70. The second-order valence-corrected chi connectivity index (χ2v) is 4.45. The third kappa shape index (κ3) is 2.95. The average Bonchev–Trinajstić information content (AvgIpc) is 2.01. The van der Waals surface area contributed by atoms with Gasteiger partial charge in [0.15, 0.2) is 0 Å². The molecule has 3 N–H and O–H groups in total. The van der Waals surface area contributed by atoms with Crippen LogP contribution in [-0.4, -0.2) is 11.1 Å². The molecule has 1 aromatic rings. The number of carbonyl (C=O) groups is 1. The summed E-state index contributed by atoms with van der Waals surface area (Å²) < 4.78 is 1.13. The number of halogens is 1. The minimum absolute atomic E-state index is 0.0264. The van der Waals surface area contributed by atoms with Crippen LogP contribution in [0.15, 0.2) is 18.2 Å². The van der Waals surface area contributed by atoms with Crippen LogP contribution >= 0.6 is 22.6 Å². The first-order valence-corrected chi connectivity index (χ1v) is 5.32. The molecule has 0 aliphatic rings. The van der Waals surface area contributed by atoms with E-state index in [2.05, 4.69) is 22.6 Å². The van der Waals surface area contributed by atoms with E-state index < -0.39 is 12.0 Å². The lowest BCUT2D eigenvalue weighted by Crippen LogP contribution is -2.16. The molecule has 0 bridgehead atoms. The van der Waals surface area contributed by atoms with Crippen LogP contribution < -0.4 is 5.73 Å². The number of benzene rings is 1. The van der Waals surface area contributed by atoms with Crippen LogP contribution in [-0.2, 0) is 4.79 Å². The van der Waals surface area contributed by atoms with Gasteiger partial charge in [-0.25, -0.2) is 0 Å². The van der Waals surface area contributed by atoms with Crippen LogP contribution in [0.2, 0.25) is 0 Å². The van der Waals surface area contributed by atoms with Crippen LogP contribution in [0, 0.1) is 10.5 Å². The minimum atomic E-state index is -0.865. The van der Waals surface area contributed by atoms with Gasteiger partial charge >= 0.3 is 5.97 Å². The molecule has 0 aliphatic carbocycles. The van der Waals surface area contributed by atoms with Gasteiger partial charge in [0.2, 0.25) is 0 Å². The molecule has 0 radical (unpaired) electrons. The van der Waals surface area contributed by atoms with Gasteiger partial charge in [0.05, 0.1) is 6.42 Å². The molecule has 14 heavy (non-hydrogen) atoms. The summed E-state index contributed by atoms with van der Waals surface area (Å²) in [6.45, 7) is 1.94. The Morgan fingerprint density at radius 3 is 2.79 bits per heavy atom. The van der Waals surface area contributed by atoms with Crippen molar-refractivity contribution >= 4 is 28.6 Å². The summed E-state index contributed by atoms with van der Waals surface area (Å²) in [4.78, 5) is 10.5. The summed E-state index contributed by atoms with van der Waals surface area (Å²) in [6, 6.07) is 5.41. The number of carboxylic acid groups (broad SMARTS) is 1. The third-order valence-electron chi connectivity index (χ3n) is 2.03. The molecule has 4 heteroatoms. The highest BCUT2D eigenvalue weighted by atomic mass is 127. The Bertz CT molecular complexity index is 352. The SMILES string of the molecule is Cc1cc(I)ccc1C(N)CC(=O)O. The molecule has 0 heterocycles. The average molecular weight is 305 g/mol. The number of rotatable bonds is 3. The van der Waals surface area contributed by atoms with Crippen molar-refractivity contribution in [2.75, 3.05) is 0 Å². The van der Waals surface area contributed by atoms with Crippen LogP contribution in [0.1, 0.15) is 23.6 Å². The van der Waals surface area contributed by atoms with Gasteiger partial charge in [0.1, 0.15) is 0 Å². The van der Waals surface area contributed by atoms with Crippen LogP contribution in [0.4, 0.5) is 0 Å².